The normalized spacial score (nSPS) is 11.6. The van der Waals surface area contributed by atoms with E-state index in [1.165, 1.54) is 16.3 Å². The second-order valence-electron chi connectivity index (χ2n) is 5.62. The highest BCUT2D eigenvalue weighted by atomic mass is 19.1. The van der Waals surface area contributed by atoms with Crippen molar-refractivity contribution in [3.8, 4) is 0 Å². The van der Waals surface area contributed by atoms with Crippen molar-refractivity contribution in [3.63, 3.8) is 0 Å². The van der Waals surface area contributed by atoms with Gasteiger partial charge < -0.3 is 0 Å². The Kier molecular flexibility index (Phi) is 2.52. The van der Waals surface area contributed by atoms with Crippen LogP contribution in [0.3, 0.4) is 0 Å². The number of hydrogen-bond donors (Lipinski definition) is 0. The predicted octanol–water partition coefficient (Wildman–Crippen LogP) is 5.90. The van der Waals surface area contributed by atoms with Crippen LogP contribution < -0.4 is 0 Å². The van der Waals surface area contributed by atoms with E-state index in [0.717, 1.165) is 27.1 Å². The first-order valence-electron chi connectivity index (χ1n) is 7.17. The van der Waals surface area contributed by atoms with E-state index < -0.39 is 0 Å². The summed E-state index contributed by atoms with van der Waals surface area (Å²) in [4.78, 5) is 0. The fourth-order valence-corrected chi connectivity index (χ4v) is 3.45. The molecule has 1 heteroatoms. The lowest BCUT2D eigenvalue weighted by atomic mass is 9.90. The zero-order valence-corrected chi connectivity index (χ0v) is 12.1. The van der Waals surface area contributed by atoms with Crippen molar-refractivity contribution in [2.45, 2.75) is 13.8 Å². The molecule has 0 radical (unpaired) electrons. The Balaban J connectivity index is 2.40. The summed E-state index contributed by atoms with van der Waals surface area (Å²) in [5, 5.41) is 6.34. The number of hydrogen-bond acceptors (Lipinski definition) is 0. The Morgan fingerprint density at radius 2 is 1.33 bits per heavy atom. The fraction of sp³-hybridized carbons (Fsp3) is 0.100. The maximum absolute atomic E-state index is 14.4. The summed E-state index contributed by atoms with van der Waals surface area (Å²) in [6.45, 7) is 4.22. The molecular weight excluding hydrogens is 259 g/mol. The van der Waals surface area contributed by atoms with Crippen molar-refractivity contribution in [1.29, 1.82) is 0 Å². The van der Waals surface area contributed by atoms with Crippen LogP contribution in [0, 0.1) is 19.7 Å². The molecule has 102 valence electrons. The van der Waals surface area contributed by atoms with Crippen molar-refractivity contribution >= 4 is 32.3 Å². The minimum absolute atomic E-state index is 0.143. The first-order chi connectivity index (χ1) is 10.2. The molecule has 0 aliphatic heterocycles. The van der Waals surface area contributed by atoms with Gasteiger partial charge in [0.25, 0.3) is 0 Å². The lowest BCUT2D eigenvalue weighted by molar-refractivity contribution is 0.640. The van der Waals surface area contributed by atoms with Crippen LogP contribution in [0.5, 0.6) is 0 Å². The Morgan fingerprint density at radius 1 is 0.619 bits per heavy atom. The zero-order valence-electron chi connectivity index (χ0n) is 12.1. The number of rotatable bonds is 0. The van der Waals surface area contributed by atoms with Crippen molar-refractivity contribution in [3.05, 3.63) is 71.5 Å². The van der Waals surface area contributed by atoms with Crippen molar-refractivity contribution in [2.75, 3.05) is 0 Å². The maximum Gasteiger partial charge on any atom is 0.131 e. The van der Waals surface area contributed by atoms with Crippen LogP contribution in [0.1, 0.15) is 11.1 Å². The van der Waals surface area contributed by atoms with E-state index in [0.29, 0.717) is 0 Å². The average Bonchev–Trinajstić information content (AvgIpc) is 2.52. The molecule has 0 saturated heterocycles. The zero-order chi connectivity index (χ0) is 14.6. The Morgan fingerprint density at radius 3 is 2.10 bits per heavy atom. The van der Waals surface area contributed by atoms with E-state index in [1.54, 1.807) is 12.1 Å². The number of benzene rings is 4. The van der Waals surface area contributed by atoms with Crippen LogP contribution in [-0.4, -0.2) is 0 Å². The monoisotopic (exact) mass is 274 g/mol. The highest BCUT2D eigenvalue weighted by molar-refractivity contribution is 6.16. The summed E-state index contributed by atoms with van der Waals surface area (Å²) in [6.07, 6.45) is 0. The van der Waals surface area contributed by atoms with Gasteiger partial charge in [-0.3, -0.25) is 0 Å². The smallest absolute Gasteiger partial charge is 0.131 e. The Bertz CT molecular complexity index is 1010. The lowest BCUT2D eigenvalue weighted by Crippen LogP contribution is -1.91. The third kappa shape index (κ3) is 1.61. The molecule has 21 heavy (non-hydrogen) atoms. The molecule has 0 saturated carbocycles. The summed E-state index contributed by atoms with van der Waals surface area (Å²) in [5.41, 5.74) is 2.37. The van der Waals surface area contributed by atoms with E-state index in [1.807, 2.05) is 18.2 Å². The first-order valence-corrected chi connectivity index (χ1v) is 7.17. The first kappa shape index (κ1) is 12.3. The topological polar surface area (TPSA) is 0 Å². The van der Waals surface area contributed by atoms with Gasteiger partial charge in [0.1, 0.15) is 5.82 Å². The van der Waals surface area contributed by atoms with Gasteiger partial charge in [0, 0.05) is 5.39 Å². The molecule has 0 heterocycles. The van der Waals surface area contributed by atoms with E-state index in [2.05, 4.69) is 38.1 Å². The van der Waals surface area contributed by atoms with Gasteiger partial charge in [-0.25, -0.2) is 4.39 Å². The van der Waals surface area contributed by atoms with Gasteiger partial charge >= 0.3 is 0 Å². The van der Waals surface area contributed by atoms with Crippen molar-refractivity contribution in [1.82, 2.24) is 0 Å². The average molecular weight is 274 g/mol. The van der Waals surface area contributed by atoms with E-state index in [-0.39, 0.29) is 5.82 Å². The van der Waals surface area contributed by atoms with E-state index in [9.17, 15) is 4.39 Å². The summed E-state index contributed by atoms with van der Waals surface area (Å²) in [5.74, 6) is -0.143. The predicted molar refractivity (Wildman–Crippen MR) is 88.4 cm³/mol. The fourth-order valence-electron chi connectivity index (χ4n) is 3.45. The number of aryl methyl sites for hydroxylation is 2. The molecule has 0 nitrogen and oxygen atoms in total. The van der Waals surface area contributed by atoms with Crippen molar-refractivity contribution < 1.29 is 4.39 Å². The molecule has 0 spiro atoms. The van der Waals surface area contributed by atoms with Gasteiger partial charge in [-0.1, -0.05) is 48.5 Å². The minimum atomic E-state index is -0.143. The third-order valence-electron chi connectivity index (χ3n) is 4.51. The summed E-state index contributed by atoms with van der Waals surface area (Å²) in [6, 6.07) is 17.8. The molecule has 0 fully saturated rings. The Labute approximate surface area is 122 Å². The van der Waals surface area contributed by atoms with Gasteiger partial charge in [0.05, 0.1) is 0 Å². The van der Waals surface area contributed by atoms with Gasteiger partial charge in [-0.2, -0.15) is 0 Å². The van der Waals surface area contributed by atoms with Gasteiger partial charge in [0.15, 0.2) is 0 Å². The number of fused-ring (bicyclic) bond motifs is 4. The minimum Gasteiger partial charge on any atom is -0.206 e. The van der Waals surface area contributed by atoms with Crippen LogP contribution >= 0.6 is 0 Å². The van der Waals surface area contributed by atoms with Crippen LogP contribution in [0.4, 0.5) is 4.39 Å². The van der Waals surface area contributed by atoms with Crippen LogP contribution in [0.15, 0.2) is 54.6 Å². The summed E-state index contributed by atoms with van der Waals surface area (Å²) < 4.78 is 14.4. The summed E-state index contributed by atoms with van der Waals surface area (Å²) >= 11 is 0. The van der Waals surface area contributed by atoms with Gasteiger partial charge in [0.2, 0.25) is 0 Å². The summed E-state index contributed by atoms with van der Waals surface area (Å²) in [7, 11) is 0. The second kappa shape index (κ2) is 4.29. The molecule has 0 bridgehead atoms. The molecule has 0 aromatic heterocycles. The Hall–Kier alpha value is -2.41. The van der Waals surface area contributed by atoms with Crippen LogP contribution in [0.25, 0.3) is 32.3 Å². The van der Waals surface area contributed by atoms with E-state index in [4.69, 9.17) is 0 Å². The molecule has 0 amide bonds. The molecule has 4 aromatic rings. The molecule has 0 N–H and O–H groups in total. The number of halogens is 1. The molecule has 0 aliphatic carbocycles. The molecule has 4 aromatic carbocycles. The largest absolute Gasteiger partial charge is 0.206 e. The second-order valence-corrected chi connectivity index (χ2v) is 5.62. The van der Waals surface area contributed by atoms with Gasteiger partial charge in [-0.05, 0) is 58.0 Å². The highest BCUT2D eigenvalue weighted by Crippen LogP contribution is 2.37. The lowest BCUT2D eigenvalue weighted by Gasteiger charge is -2.14. The maximum atomic E-state index is 14.4. The molecule has 0 aliphatic rings. The molecule has 4 rings (SSSR count). The SMILES string of the molecule is Cc1c2ccccc2c(C)c2c1ccc1cccc(F)c12. The standard InChI is InChI=1S/C20H15F/c1-12-15-7-3-4-8-16(15)13(2)19-17(12)11-10-14-6-5-9-18(21)20(14)19/h3-11H,1-2H3. The van der Waals surface area contributed by atoms with E-state index >= 15 is 0 Å². The third-order valence-corrected chi connectivity index (χ3v) is 4.51. The molecular formula is C20H15F. The molecule has 0 unspecified atom stereocenters. The quantitative estimate of drug-likeness (QED) is 0.276. The molecule has 0 atom stereocenters. The van der Waals surface area contributed by atoms with Gasteiger partial charge in [-0.15, -0.1) is 0 Å². The highest BCUT2D eigenvalue weighted by Gasteiger charge is 2.13. The van der Waals surface area contributed by atoms with Crippen LogP contribution in [-0.2, 0) is 0 Å². The van der Waals surface area contributed by atoms with Crippen LogP contribution in [0.2, 0.25) is 0 Å². The van der Waals surface area contributed by atoms with Crippen molar-refractivity contribution in [2.24, 2.45) is 0 Å².